The number of hydrogen-bond donors (Lipinski definition) is 1. The molecule has 1 fully saturated rings. The van der Waals surface area contributed by atoms with E-state index in [1.165, 1.54) is 0 Å². The Labute approximate surface area is 195 Å². The Hall–Kier alpha value is -3.17. The summed E-state index contributed by atoms with van der Waals surface area (Å²) in [5.41, 5.74) is 1.59. The Kier molecular flexibility index (Phi) is 6.41. The molecule has 33 heavy (non-hydrogen) atoms. The predicted molar refractivity (Wildman–Crippen MR) is 128 cm³/mol. The van der Waals surface area contributed by atoms with Crippen molar-refractivity contribution in [3.8, 4) is 17.1 Å². The van der Waals surface area contributed by atoms with E-state index in [2.05, 4.69) is 24.7 Å². The van der Waals surface area contributed by atoms with Crippen LogP contribution in [0.2, 0.25) is 0 Å². The molecule has 1 saturated heterocycles. The Balaban J connectivity index is 1.35. The smallest absolute Gasteiger partial charge is 0.258 e. The van der Waals surface area contributed by atoms with Gasteiger partial charge in [0.1, 0.15) is 11.6 Å². The van der Waals surface area contributed by atoms with Gasteiger partial charge in [0.05, 0.1) is 30.7 Å². The second-order valence-electron chi connectivity index (χ2n) is 7.91. The number of ether oxygens (including phenoxy) is 2. The third-order valence-corrected chi connectivity index (χ3v) is 6.68. The average Bonchev–Trinajstić information content (AvgIpc) is 3.50. The number of aryl methyl sites for hydroxylation is 1. The number of methoxy groups -OCH3 is 1. The van der Waals surface area contributed by atoms with Crippen LogP contribution in [-0.4, -0.2) is 50.3 Å². The number of aromatic nitrogens is 5. The number of aromatic amines is 1. The molecule has 0 spiro atoms. The molecule has 9 heteroatoms. The van der Waals surface area contributed by atoms with E-state index in [1.54, 1.807) is 24.9 Å². The summed E-state index contributed by atoms with van der Waals surface area (Å²) >= 11 is 1.61. The van der Waals surface area contributed by atoms with E-state index in [0.717, 1.165) is 41.7 Å². The second-order valence-corrected chi connectivity index (χ2v) is 8.97. The van der Waals surface area contributed by atoms with Crippen LogP contribution in [0.4, 0.5) is 0 Å². The number of nitrogens with one attached hydrogen (secondary N) is 1. The van der Waals surface area contributed by atoms with Crippen molar-refractivity contribution < 1.29 is 9.47 Å². The van der Waals surface area contributed by atoms with Crippen LogP contribution in [0.3, 0.4) is 0 Å². The fraction of sp³-hybridized carbons (Fsp3) is 0.333. The first-order valence-electron chi connectivity index (χ1n) is 11.0. The first-order valence-corrected chi connectivity index (χ1v) is 12.0. The minimum atomic E-state index is -0.107. The molecular formula is C24H25N5O3S. The van der Waals surface area contributed by atoms with Gasteiger partial charge in [-0.2, -0.15) is 0 Å². The van der Waals surface area contributed by atoms with Crippen molar-refractivity contribution >= 4 is 22.7 Å². The number of para-hydroxylation sites is 1. The second kappa shape index (κ2) is 9.76. The van der Waals surface area contributed by atoms with Crippen molar-refractivity contribution in [2.24, 2.45) is 0 Å². The zero-order chi connectivity index (χ0) is 22.6. The van der Waals surface area contributed by atoms with Crippen LogP contribution in [0.25, 0.3) is 22.3 Å². The minimum Gasteiger partial charge on any atom is -0.497 e. The number of thioether (sulfide) groups is 1. The van der Waals surface area contributed by atoms with Gasteiger partial charge in [0.15, 0.2) is 11.0 Å². The van der Waals surface area contributed by atoms with Crippen LogP contribution in [-0.2, 0) is 17.7 Å². The lowest BCUT2D eigenvalue weighted by molar-refractivity contribution is 0.0953. The Bertz CT molecular complexity index is 1300. The summed E-state index contributed by atoms with van der Waals surface area (Å²) in [6, 6.07) is 15.2. The van der Waals surface area contributed by atoms with E-state index < -0.39 is 0 Å². The highest BCUT2D eigenvalue weighted by Crippen LogP contribution is 2.28. The van der Waals surface area contributed by atoms with Gasteiger partial charge in [-0.25, -0.2) is 4.98 Å². The molecule has 1 atom stereocenters. The van der Waals surface area contributed by atoms with Crippen LogP contribution in [0, 0.1) is 0 Å². The maximum absolute atomic E-state index is 12.3. The lowest BCUT2D eigenvalue weighted by Gasteiger charge is -2.15. The molecule has 5 rings (SSSR count). The van der Waals surface area contributed by atoms with Crippen LogP contribution in [0.15, 0.2) is 58.5 Å². The molecule has 1 aliphatic heterocycles. The van der Waals surface area contributed by atoms with Crippen molar-refractivity contribution in [1.82, 2.24) is 24.7 Å². The van der Waals surface area contributed by atoms with Gasteiger partial charge in [0.2, 0.25) is 0 Å². The van der Waals surface area contributed by atoms with E-state index in [9.17, 15) is 4.79 Å². The fourth-order valence-electron chi connectivity index (χ4n) is 4.00. The van der Waals surface area contributed by atoms with Gasteiger partial charge >= 0.3 is 0 Å². The summed E-state index contributed by atoms with van der Waals surface area (Å²) in [7, 11) is 1.65. The van der Waals surface area contributed by atoms with Gasteiger partial charge in [-0.15, -0.1) is 10.2 Å². The normalized spacial score (nSPS) is 15.8. The SMILES string of the molecule is COc1ccc(-c2nnc(SCCc3nc4ccccc4c(=O)[nH]3)n2CC2CCCO2)cc1. The molecule has 8 nitrogen and oxygen atoms in total. The quantitative estimate of drug-likeness (QED) is 0.398. The molecular weight excluding hydrogens is 438 g/mol. The maximum Gasteiger partial charge on any atom is 0.258 e. The van der Waals surface area contributed by atoms with Gasteiger partial charge in [-0.1, -0.05) is 23.9 Å². The summed E-state index contributed by atoms with van der Waals surface area (Å²) in [6.45, 7) is 1.51. The lowest BCUT2D eigenvalue weighted by atomic mass is 10.2. The topological polar surface area (TPSA) is 94.9 Å². The molecule has 2 aromatic heterocycles. The van der Waals surface area contributed by atoms with Crippen molar-refractivity contribution in [3.05, 3.63) is 64.7 Å². The lowest BCUT2D eigenvalue weighted by Crippen LogP contribution is -2.17. The summed E-state index contributed by atoms with van der Waals surface area (Å²) in [5.74, 6) is 3.00. The molecule has 0 aliphatic carbocycles. The predicted octanol–water partition coefficient (Wildman–Crippen LogP) is 3.70. The van der Waals surface area contributed by atoms with E-state index >= 15 is 0 Å². The van der Waals surface area contributed by atoms with Gasteiger partial charge in [-0.05, 0) is 49.2 Å². The van der Waals surface area contributed by atoms with Crippen molar-refractivity contribution in [2.75, 3.05) is 19.5 Å². The number of rotatable bonds is 8. The molecule has 4 aromatic rings. The molecule has 1 N–H and O–H groups in total. The number of benzene rings is 2. The summed E-state index contributed by atoms with van der Waals surface area (Å²) in [6.07, 6.45) is 2.90. The Morgan fingerprint density at radius 3 is 2.82 bits per heavy atom. The summed E-state index contributed by atoms with van der Waals surface area (Å²) < 4.78 is 13.3. The molecule has 0 radical (unpaired) electrons. The van der Waals surface area contributed by atoms with E-state index in [-0.39, 0.29) is 11.7 Å². The van der Waals surface area contributed by atoms with Gasteiger partial charge in [0.25, 0.3) is 5.56 Å². The zero-order valence-electron chi connectivity index (χ0n) is 18.4. The Morgan fingerprint density at radius 2 is 2.03 bits per heavy atom. The van der Waals surface area contributed by atoms with E-state index in [0.29, 0.717) is 35.4 Å². The van der Waals surface area contributed by atoms with Crippen molar-refractivity contribution in [1.29, 1.82) is 0 Å². The monoisotopic (exact) mass is 463 g/mol. The molecule has 0 amide bonds. The van der Waals surface area contributed by atoms with Crippen LogP contribution >= 0.6 is 11.8 Å². The van der Waals surface area contributed by atoms with E-state index in [4.69, 9.17) is 9.47 Å². The van der Waals surface area contributed by atoms with Crippen LogP contribution < -0.4 is 10.3 Å². The van der Waals surface area contributed by atoms with Gasteiger partial charge < -0.3 is 14.5 Å². The molecule has 3 heterocycles. The third kappa shape index (κ3) is 4.79. The molecule has 1 unspecified atom stereocenters. The number of H-pyrrole nitrogens is 1. The highest BCUT2D eigenvalue weighted by molar-refractivity contribution is 7.99. The van der Waals surface area contributed by atoms with Crippen LogP contribution in [0.1, 0.15) is 18.7 Å². The molecule has 170 valence electrons. The highest BCUT2D eigenvalue weighted by atomic mass is 32.2. The van der Waals surface area contributed by atoms with Crippen LogP contribution in [0.5, 0.6) is 5.75 Å². The maximum atomic E-state index is 12.3. The number of nitrogens with zero attached hydrogens (tertiary/aromatic N) is 4. The number of fused-ring (bicyclic) bond motifs is 1. The number of hydrogen-bond acceptors (Lipinski definition) is 7. The molecule has 0 bridgehead atoms. The van der Waals surface area contributed by atoms with E-state index in [1.807, 2.05) is 42.5 Å². The van der Waals surface area contributed by atoms with Gasteiger partial charge in [-0.3, -0.25) is 9.36 Å². The largest absolute Gasteiger partial charge is 0.497 e. The first-order chi connectivity index (χ1) is 16.2. The average molecular weight is 464 g/mol. The zero-order valence-corrected chi connectivity index (χ0v) is 19.2. The highest BCUT2D eigenvalue weighted by Gasteiger charge is 2.22. The van der Waals surface area contributed by atoms with Crippen molar-refractivity contribution in [3.63, 3.8) is 0 Å². The summed E-state index contributed by atoms with van der Waals surface area (Å²) in [4.78, 5) is 19.8. The first kappa shape index (κ1) is 21.7. The van der Waals surface area contributed by atoms with Gasteiger partial charge in [0, 0.05) is 24.3 Å². The van der Waals surface area contributed by atoms with Crippen molar-refractivity contribution in [2.45, 2.75) is 37.1 Å². The third-order valence-electron chi connectivity index (χ3n) is 5.71. The minimum absolute atomic E-state index is 0.107. The fourth-order valence-corrected chi connectivity index (χ4v) is 4.89. The molecule has 2 aromatic carbocycles. The molecule has 0 saturated carbocycles. The summed E-state index contributed by atoms with van der Waals surface area (Å²) in [5, 5.41) is 10.4. The standard InChI is InChI=1S/C24H25N5O3S/c1-31-17-10-8-16(9-11-17)22-27-28-24(29(22)15-18-5-4-13-32-18)33-14-12-21-25-20-7-3-2-6-19(20)23(30)26-21/h2-3,6-11,18H,4-5,12-15H2,1H3,(H,25,26,30). The molecule has 1 aliphatic rings. The Morgan fingerprint density at radius 1 is 1.18 bits per heavy atom.